The van der Waals surface area contributed by atoms with Crippen molar-refractivity contribution in [1.82, 2.24) is 25.2 Å². The number of ether oxygens (including phenoxy) is 2. The van der Waals surface area contributed by atoms with Gasteiger partial charge in [-0.1, -0.05) is 0 Å². The summed E-state index contributed by atoms with van der Waals surface area (Å²) in [6.45, 7) is 12.3. The van der Waals surface area contributed by atoms with Crippen molar-refractivity contribution in [3.05, 3.63) is 65.6 Å². The lowest BCUT2D eigenvalue weighted by molar-refractivity contribution is -0.0349. The molecule has 224 valence electrons. The van der Waals surface area contributed by atoms with Crippen LogP contribution in [0.1, 0.15) is 62.2 Å². The minimum Gasteiger partial charge on any atom is -0.490 e. The highest BCUT2D eigenvalue weighted by Crippen LogP contribution is 2.52. The zero-order chi connectivity index (χ0) is 29.9. The molecule has 0 unspecified atom stereocenters. The minimum absolute atomic E-state index is 0.141. The number of rotatable bonds is 8. The summed E-state index contributed by atoms with van der Waals surface area (Å²) in [4.78, 5) is 28.8. The second kappa shape index (κ2) is 12.7. The number of pyridine rings is 1. The van der Waals surface area contributed by atoms with Gasteiger partial charge in [-0.15, -0.1) is 0 Å². The molecule has 4 heterocycles. The molecule has 42 heavy (non-hydrogen) atoms. The summed E-state index contributed by atoms with van der Waals surface area (Å²) < 4.78 is 25.7. The first-order valence-corrected chi connectivity index (χ1v) is 14.7. The number of nitrogens with zero attached hydrogens (tertiary/aromatic N) is 5. The van der Waals surface area contributed by atoms with Crippen molar-refractivity contribution in [2.45, 2.75) is 71.7 Å². The van der Waals surface area contributed by atoms with Crippen molar-refractivity contribution in [3.8, 4) is 17.2 Å². The molecular weight excluding hydrogens is 535 g/mol. The zero-order valence-corrected chi connectivity index (χ0v) is 25.1. The van der Waals surface area contributed by atoms with E-state index in [9.17, 15) is 9.18 Å². The van der Waals surface area contributed by atoms with Gasteiger partial charge in [0, 0.05) is 67.6 Å². The third-order valence-electron chi connectivity index (χ3n) is 8.52. The summed E-state index contributed by atoms with van der Waals surface area (Å²) in [6, 6.07) is 7.17. The fourth-order valence-corrected chi connectivity index (χ4v) is 5.83. The predicted octanol–water partition coefficient (Wildman–Crippen LogP) is 5.04. The Labute approximate surface area is 247 Å². The van der Waals surface area contributed by atoms with E-state index < -0.39 is 5.82 Å². The smallest absolute Gasteiger partial charge is 0.188 e. The largest absolute Gasteiger partial charge is 0.490 e. The standard InChI is InChI=1S/C25H24FN5O3.C7H17N/c26-17-1-2-21(16(7-17)12-32)34-23-11-28-15-30-24(23)31-13-25(14-31)8-18(9-25)33-22-4-6-29-20-3-5-27-10-19(20)22;1-6(2)8(5)7(3)4/h1-2,4,6-7,11-12,15,18,27H,3,5,8-10,13-14H2;6-7H,1-5H3. The maximum Gasteiger partial charge on any atom is 0.188 e. The second-order valence-electron chi connectivity index (χ2n) is 12.1. The molecule has 2 fully saturated rings. The van der Waals surface area contributed by atoms with Crippen LogP contribution >= 0.6 is 0 Å². The van der Waals surface area contributed by atoms with Crippen molar-refractivity contribution < 1.29 is 18.7 Å². The van der Waals surface area contributed by atoms with E-state index in [1.807, 2.05) is 12.3 Å². The fraction of sp³-hybridized carbons (Fsp3) is 0.500. The molecule has 0 bridgehead atoms. The molecule has 0 atom stereocenters. The molecule has 9 nitrogen and oxygen atoms in total. The number of benzene rings is 1. The van der Waals surface area contributed by atoms with E-state index in [2.05, 4.69) is 64.8 Å². The van der Waals surface area contributed by atoms with Crippen LogP contribution in [-0.2, 0) is 13.0 Å². The van der Waals surface area contributed by atoms with Crippen molar-refractivity contribution >= 4 is 12.1 Å². The molecular formula is C32H41FN6O3. The zero-order valence-electron chi connectivity index (χ0n) is 25.1. The van der Waals surface area contributed by atoms with Crippen molar-refractivity contribution in [2.24, 2.45) is 5.41 Å². The van der Waals surface area contributed by atoms with Crippen LogP contribution in [0, 0.1) is 11.2 Å². The van der Waals surface area contributed by atoms with E-state index in [0.29, 0.717) is 29.9 Å². The van der Waals surface area contributed by atoms with Gasteiger partial charge in [0.15, 0.2) is 17.9 Å². The van der Waals surface area contributed by atoms with Crippen molar-refractivity contribution in [3.63, 3.8) is 0 Å². The number of aromatic nitrogens is 3. The van der Waals surface area contributed by atoms with Crippen LogP contribution in [0.5, 0.6) is 17.2 Å². The van der Waals surface area contributed by atoms with Gasteiger partial charge in [-0.2, -0.15) is 0 Å². The Bertz CT molecular complexity index is 1380. The molecule has 3 aromatic rings. The molecule has 1 N–H and O–H groups in total. The summed E-state index contributed by atoms with van der Waals surface area (Å²) in [6.07, 6.45) is 8.57. The minimum atomic E-state index is -0.492. The summed E-state index contributed by atoms with van der Waals surface area (Å²) in [7, 11) is 2.15. The quantitative estimate of drug-likeness (QED) is 0.370. The fourth-order valence-electron chi connectivity index (χ4n) is 5.83. The van der Waals surface area contributed by atoms with Crippen LogP contribution in [0.4, 0.5) is 10.2 Å². The molecule has 2 aromatic heterocycles. The number of anilines is 1. The van der Waals surface area contributed by atoms with Crippen LogP contribution in [-0.4, -0.2) is 71.0 Å². The third kappa shape index (κ3) is 6.55. The Hall–Kier alpha value is -3.63. The van der Waals surface area contributed by atoms with E-state index in [1.165, 1.54) is 24.0 Å². The van der Waals surface area contributed by atoms with Gasteiger partial charge in [-0.3, -0.25) is 9.78 Å². The number of aldehydes is 1. The van der Waals surface area contributed by atoms with E-state index in [-0.39, 0.29) is 22.8 Å². The average molecular weight is 577 g/mol. The maximum absolute atomic E-state index is 13.5. The monoisotopic (exact) mass is 576 g/mol. The van der Waals surface area contributed by atoms with Gasteiger partial charge in [0.25, 0.3) is 0 Å². The van der Waals surface area contributed by atoms with E-state index in [4.69, 9.17) is 9.47 Å². The molecule has 3 aliphatic rings. The number of nitrogens with one attached hydrogen (secondary N) is 1. The van der Waals surface area contributed by atoms with Crippen LogP contribution in [0.15, 0.2) is 43.0 Å². The highest BCUT2D eigenvalue weighted by Gasteiger charge is 2.54. The summed E-state index contributed by atoms with van der Waals surface area (Å²) >= 11 is 0. The number of hydrogen-bond acceptors (Lipinski definition) is 9. The Morgan fingerprint density at radius 2 is 1.86 bits per heavy atom. The predicted molar refractivity (Wildman–Crippen MR) is 160 cm³/mol. The summed E-state index contributed by atoms with van der Waals surface area (Å²) in [5.74, 6) is 1.84. The molecule has 1 aromatic carbocycles. The Morgan fingerprint density at radius 3 is 2.55 bits per heavy atom. The highest BCUT2D eigenvalue weighted by atomic mass is 19.1. The normalized spacial score (nSPS) is 17.3. The lowest BCUT2D eigenvalue weighted by Gasteiger charge is -2.59. The average Bonchev–Trinajstić information content (AvgIpc) is 2.95. The molecule has 0 radical (unpaired) electrons. The first-order valence-electron chi connectivity index (χ1n) is 14.7. The number of carbonyl (C=O) groups is 1. The van der Waals surface area contributed by atoms with Gasteiger partial charge in [0.05, 0.1) is 11.8 Å². The molecule has 1 saturated heterocycles. The molecule has 6 rings (SSSR count). The molecule has 1 saturated carbocycles. The maximum atomic E-state index is 13.5. The Balaban J connectivity index is 0.000000390. The van der Waals surface area contributed by atoms with Crippen molar-refractivity contribution in [2.75, 3.05) is 31.6 Å². The number of carbonyl (C=O) groups excluding carboxylic acids is 1. The van der Waals surface area contributed by atoms with Gasteiger partial charge in [-0.05, 0) is 71.8 Å². The highest BCUT2D eigenvalue weighted by molar-refractivity contribution is 5.79. The Morgan fingerprint density at radius 1 is 1.10 bits per heavy atom. The summed E-state index contributed by atoms with van der Waals surface area (Å²) in [5.41, 5.74) is 2.67. The van der Waals surface area contributed by atoms with Gasteiger partial charge >= 0.3 is 0 Å². The number of hydrogen-bond donors (Lipinski definition) is 1. The molecule has 2 aliphatic heterocycles. The second-order valence-corrected chi connectivity index (χ2v) is 12.1. The van der Waals surface area contributed by atoms with Crippen molar-refractivity contribution in [1.29, 1.82) is 0 Å². The third-order valence-corrected chi connectivity index (χ3v) is 8.52. The lowest BCUT2D eigenvalue weighted by atomic mass is 9.61. The number of fused-ring (bicyclic) bond motifs is 1. The first-order chi connectivity index (χ1) is 20.2. The molecule has 0 amide bonds. The summed E-state index contributed by atoms with van der Waals surface area (Å²) in [5, 5.41) is 3.40. The van der Waals surface area contributed by atoms with Crippen LogP contribution in [0.3, 0.4) is 0 Å². The van der Waals surface area contributed by atoms with Gasteiger partial charge in [-0.25, -0.2) is 14.4 Å². The lowest BCUT2D eigenvalue weighted by Crippen LogP contribution is -2.65. The van der Waals surface area contributed by atoms with E-state index >= 15 is 0 Å². The SMILES string of the molecule is CC(C)N(C)C(C)C.O=Cc1cc(F)ccc1Oc1cncnc1N1CC2(CC(Oc3ccnc4c3CNCC4)C2)C1. The molecule has 1 aliphatic carbocycles. The van der Waals surface area contributed by atoms with E-state index in [0.717, 1.165) is 63.0 Å². The van der Waals surface area contributed by atoms with Crippen LogP contribution in [0.25, 0.3) is 0 Å². The van der Waals surface area contributed by atoms with Gasteiger partial charge in [0.2, 0.25) is 0 Å². The molecule has 1 spiro atoms. The number of halogens is 1. The van der Waals surface area contributed by atoms with Crippen LogP contribution in [0.2, 0.25) is 0 Å². The molecule has 10 heteroatoms. The first kappa shape index (κ1) is 29.8. The topological polar surface area (TPSA) is 92.7 Å². The van der Waals surface area contributed by atoms with Crippen LogP contribution < -0.4 is 19.7 Å². The van der Waals surface area contributed by atoms with Gasteiger partial charge in [0.1, 0.15) is 29.7 Å². The van der Waals surface area contributed by atoms with E-state index in [1.54, 1.807) is 6.20 Å². The Kier molecular flexibility index (Phi) is 9.03. The van der Waals surface area contributed by atoms with Gasteiger partial charge < -0.3 is 24.6 Å².